The van der Waals surface area contributed by atoms with Crippen LogP contribution in [0.4, 0.5) is 5.13 Å². The van der Waals surface area contributed by atoms with Crippen LogP contribution in [0, 0.1) is 13.8 Å². The van der Waals surface area contributed by atoms with Crippen LogP contribution in [0.15, 0.2) is 12.4 Å². The maximum absolute atomic E-state index is 4.90. The molecule has 0 aliphatic carbocycles. The van der Waals surface area contributed by atoms with E-state index in [1.54, 1.807) is 11.3 Å². The van der Waals surface area contributed by atoms with Gasteiger partial charge in [0, 0.05) is 38.6 Å². The van der Waals surface area contributed by atoms with Crippen molar-refractivity contribution in [3.05, 3.63) is 23.9 Å². The first-order valence-electron chi connectivity index (χ1n) is 8.68. The highest BCUT2D eigenvalue weighted by Crippen LogP contribution is 2.34. The van der Waals surface area contributed by atoms with Crippen LogP contribution in [0.2, 0.25) is 0 Å². The van der Waals surface area contributed by atoms with E-state index in [2.05, 4.69) is 39.6 Å². The molecule has 1 atom stereocenters. The number of rotatable bonds is 4. The molecular formula is C17H24N6S. The molecule has 4 rings (SSSR count). The highest BCUT2D eigenvalue weighted by atomic mass is 32.1. The molecule has 0 radical (unpaired) electrons. The number of piperidine rings is 1. The number of imidazole rings is 1. The van der Waals surface area contributed by atoms with Crippen molar-refractivity contribution < 1.29 is 0 Å². The summed E-state index contributed by atoms with van der Waals surface area (Å²) in [6.45, 7) is 6.28. The van der Waals surface area contributed by atoms with Gasteiger partial charge in [-0.05, 0) is 39.5 Å². The van der Waals surface area contributed by atoms with Crippen molar-refractivity contribution in [3.63, 3.8) is 0 Å². The van der Waals surface area contributed by atoms with Crippen LogP contribution in [-0.2, 0) is 13.6 Å². The van der Waals surface area contributed by atoms with Crippen LogP contribution >= 0.6 is 11.3 Å². The number of nitrogens with zero attached hydrogens (tertiary/aromatic N) is 6. The Labute approximate surface area is 146 Å². The summed E-state index contributed by atoms with van der Waals surface area (Å²) in [5.41, 5.74) is 2.10. The third-order valence-corrected chi connectivity index (χ3v) is 6.22. The minimum absolute atomic E-state index is 0.564. The van der Waals surface area contributed by atoms with Crippen LogP contribution < -0.4 is 4.90 Å². The highest BCUT2D eigenvalue weighted by molar-refractivity contribution is 7.22. The van der Waals surface area contributed by atoms with Gasteiger partial charge in [-0.25, -0.2) is 14.6 Å². The standard InChI is InChI=1S/C17H24N6S/c1-12-15-16(21(3)20-12)19-17(24-15)23-9-5-4-6-14(23)7-10-22-11-8-18-13(22)2/h8,11,14H,4-7,9-10H2,1-3H3. The van der Waals surface area contributed by atoms with Crippen molar-refractivity contribution in [3.8, 4) is 0 Å². The first kappa shape index (κ1) is 15.6. The number of hydrogen-bond acceptors (Lipinski definition) is 5. The minimum atomic E-state index is 0.564. The summed E-state index contributed by atoms with van der Waals surface area (Å²) >= 11 is 1.79. The van der Waals surface area contributed by atoms with Gasteiger partial charge in [-0.2, -0.15) is 5.10 Å². The lowest BCUT2D eigenvalue weighted by molar-refractivity contribution is 0.414. The molecule has 0 N–H and O–H groups in total. The molecule has 1 saturated heterocycles. The molecule has 1 aliphatic heterocycles. The third-order valence-electron chi connectivity index (χ3n) is 5.03. The van der Waals surface area contributed by atoms with Gasteiger partial charge in [0.15, 0.2) is 10.8 Å². The normalized spacial score (nSPS) is 18.6. The van der Waals surface area contributed by atoms with Gasteiger partial charge in [0.25, 0.3) is 0 Å². The van der Waals surface area contributed by atoms with E-state index in [-0.39, 0.29) is 0 Å². The average Bonchev–Trinajstić information content (AvgIpc) is 3.25. The van der Waals surface area contributed by atoms with Crippen LogP contribution in [0.3, 0.4) is 0 Å². The molecule has 0 saturated carbocycles. The zero-order valence-electron chi connectivity index (χ0n) is 14.6. The van der Waals surface area contributed by atoms with Gasteiger partial charge < -0.3 is 9.47 Å². The second-order valence-electron chi connectivity index (χ2n) is 6.66. The summed E-state index contributed by atoms with van der Waals surface area (Å²) in [4.78, 5) is 11.8. The summed E-state index contributed by atoms with van der Waals surface area (Å²) in [6, 6.07) is 0.564. The first-order valence-corrected chi connectivity index (χ1v) is 9.49. The summed E-state index contributed by atoms with van der Waals surface area (Å²) in [5.74, 6) is 1.10. The Bertz CT molecular complexity index is 810. The fourth-order valence-corrected chi connectivity index (χ4v) is 4.81. The van der Waals surface area contributed by atoms with Gasteiger partial charge >= 0.3 is 0 Å². The molecular weight excluding hydrogens is 320 g/mol. The third kappa shape index (κ3) is 2.70. The lowest BCUT2D eigenvalue weighted by atomic mass is 10.00. The molecule has 3 aromatic rings. The minimum Gasteiger partial charge on any atom is -0.345 e. The number of anilines is 1. The summed E-state index contributed by atoms with van der Waals surface area (Å²) in [5, 5.41) is 5.63. The Morgan fingerprint density at radius 3 is 2.92 bits per heavy atom. The van der Waals surface area contributed by atoms with E-state index in [4.69, 9.17) is 4.98 Å². The zero-order valence-corrected chi connectivity index (χ0v) is 15.4. The Morgan fingerprint density at radius 2 is 2.17 bits per heavy atom. The van der Waals surface area contributed by atoms with Crippen molar-refractivity contribution in [2.75, 3.05) is 11.4 Å². The Balaban J connectivity index is 1.56. The van der Waals surface area contributed by atoms with E-state index in [0.717, 1.165) is 41.8 Å². The molecule has 4 heterocycles. The second kappa shape index (κ2) is 6.20. The molecule has 1 fully saturated rings. The van der Waals surface area contributed by atoms with E-state index in [1.165, 1.54) is 24.0 Å². The molecule has 6 nitrogen and oxygen atoms in total. The molecule has 0 amide bonds. The molecule has 0 aromatic carbocycles. The summed E-state index contributed by atoms with van der Waals surface area (Å²) in [6.07, 6.45) is 8.93. The fourth-order valence-electron chi connectivity index (χ4n) is 3.68. The monoisotopic (exact) mass is 344 g/mol. The molecule has 0 spiro atoms. The van der Waals surface area contributed by atoms with Gasteiger partial charge in [-0.1, -0.05) is 11.3 Å². The lowest BCUT2D eigenvalue weighted by Crippen LogP contribution is -2.40. The number of fused-ring (bicyclic) bond motifs is 1. The summed E-state index contributed by atoms with van der Waals surface area (Å²) < 4.78 is 5.37. The van der Waals surface area contributed by atoms with E-state index >= 15 is 0 Å². The van der Waals surface area contributed by atoms with Crippen molar-refractivity contribution in [2.45, 2.75) is 52.1 Å². The largest absolute Gasteiger partial charge is 0.345 e. The van der Waals surface area contributed by atoms with Gasteiger partial charge in [-0.15, -0.1) is 0 Å². The maximum atomic E-state index is 4.90. The molecule has 7 heteroatoms. The molecule has 128 valence electrons. The van der Waals surface area contributed by atoms with Crippen LogP contribution in [0.5, 0.6) is 0 Å². The van der Waals surface area contributed by atoms with Crippen molar-refractivity contribution in [2.24, 2.45) is 7.05 Å². The van der Waals surface area contributed by atoms with Gasteiger partial charge in [0.1, 0.15) is 5.82 Å². The Kier molecular flexibility index (Phi) is 4.04. The van der Waals surface area contributed by atoms with E-state index in [9.17, 15) is 0 Å². The molecule has 1 aliphatic rings. The molecule has 1 unspecified atom stereocenters. The van der Waals surface area contributed by atoms with E-state index < -0.39 is 0 Å². The van der Waals surface area contributed by atoms with Crippen molar-refractivity contribution >= 4 is 26.8 Å². The maximum Gasteiger partial charge on any atom is 0.188 e. The van der Waals surface area contributed by atoms with Gasteiger partial charge in [0.05, 0.1) is 10.4 Å². The molecule has 24 heavy (non-hydrogen) atoms. The zero-order chi connectivity index (χ0) is 16.7. The lowest BCUT2D eigenvalue weighted by Gasteiger charge is -2.35. The number of thiazole rings is 1. The van der Waals surface area contributed by atoms with Crippen LogP contribution in [0.1, 0.15) is 37.2 Å². The van der Waals surface area contributed by atoms with Gasteiger partial charge in [0.2, 0.25) is 0 Å². The summed E-state index contributed by atoms with van der Waals surface area (Å²) in [7, 11) is 1.98. The van der Waals surface area contributed by atoms with Crippen molar-refractivity contribution in [1.82, 2.24) is 24.3 Å². The van der Waals surface area contributed by atoms with E-state index in [0.29, 0.717) is 6.04 Å². The van der Waals surface area contributed by atoms with E-state index in [1.807, 2.05) is 17.9 Å². The Hall–Kier alpha value is -1.89. The van der Waals surface area contributed by atoms with Crippen LogP contribution in [-0.4, -0.2) is 36.9 Å². The molecule has 3 aromatic heterocycles. The predicted octanol–water partition coefficient (Wildman–Crippen LogP) is 3.29. The quantitative estimate of drug-likeness (QED) is 0.729. The highest BCUT2D eigenvalue weighted by Gasteiger charge is 2.26. The second-order valence-corrected chi connectivity index (χ2v) is 7.64. The average molecular weight is 344 g/mol. The van der Waals surface area contributed by atoms with Crippen molar-refractivity contribution in [1.29, 1.82) is 0 Å². The topological polar surface area (TPSA) is 51.8 Å². The SMILES string of the molecule is Cc1nn(C)c2nc(N3CCCCC3CCn3ccnc3C)sc12. The molecule has 0 bridgehead atoms. The smallest absolute Gasteiger partial charge is 0.188 e. The number of hydrogen-bond donors (Lipinski definition) is 0. The Morgan fingerprint density at radius 1 is 1.29 bits per heavy atom. The predicted molar refractivity (Wildman–Crippen MR) is 97.7 cm³/mol. The fraction of sp³-hybridized carbons (Fsp3) is 0.588. The number of aryl methyl sites for hydroxylation is 4. The van der Waals surface area contributed by atoms with Gasteiger partial charge in [-0.3, -0.25) is 0 Å². The van der Waals surface area contributed by atoms with Crippen LogP contribution in [0.25, 0.3) is 10.3 Å². The number of aromatic nitrogens is 5. The first-order chi connectivity index (χ1) is 11.6.